The zero-order valence-electron chi connectivity index (χ0n) is 30.0. The van der Waals surface area contributed by atoms with Gasteiger partial charge in [0, 0.05) is 33.2 Å². The summed E-state index contributed by atoms with van der Waals surface area (Å²) in [5, 5.41) is 2.30. The van der Waals surface area contributed by atoms with Gasteiger partial charge in [-0.2, -0.15) is 0 Å². The van der Waals surface area contributed by atoms with Gasteiger partial charge in [-0.15, -0.1) is 0 Å². The molecule has 1 heterocycles. The summed E-state index contributed by atoms with van der Waals surface area (Å²) in [6, 6.07) is 62.6. The van der Waals surface area contributed by atoms with E-state index in [9.17, 15) is 0 Å². The average Bonchev–Trinajstić information content (AvgIpc) is 3.62. The van der Waals surface area contributed by atoms with E-state index < -0.39 is 5.41 Å². The minimum absolute atomic E-state index is 0.194. The van der Waals surface area contributed by atoms with Crippen molar-refractivity contribution in [3.05, 3.63) is 209 Å². The summed E-state index contributed by atoms with van der Waals surface area (Å²) in [6.07, 6.45) is 0. The Morgan fingerprint density at radius 3 is 1.94 bits per heavy atom. The highest BCUT2D eigenvalue weighted by molar-refractivity contribution is 6.02. The molecule has 3 aliphatic rings. The molecular formula is C51H37NO. The number of benzene rings is 8. The van der Waals surface area contributed by atoms with Crippen LogP contribution in [0.3, 0.4) is 0 Å². The highest BCUT2D eigenvalue weighted by Gasteiger charge is 2.52. The first-order valence-electron chi connectivity index (χ1n) is 18.6. The van der Waals surface area contributed by atoms with E-state index in [1.54, 1.807) is 0 Å². The standard InChI is InChI=1S/C51H37NO/c1-32-16-4-12-26-43(32)52(45-28-14-21-36-35-19-7-9-22-38(35)50(2,3)48(36)45)44-27-15-25-41-47(44)37-20-8-10-23-39(37)51(41)40-24-11-13-29-46(40)53-49-34-18-6-5-17-33(34)30-31-42(49)51/h4-31H,1-3H3. The number of hydrogen-bond donors (Lipinski definition) is 0. The lowest BCUT2D eigenvalue weighted by Gasteiger charge is -2.40. The van der Waals surface area contributed by atoms with Crippen molar-refractivity contribution < 1.29 is 4.74 Å². The van der Waals surface area contributed by atoms with Crippen LogP contribution in [0.5, 0.6) is 11.5 Å². The Balaban J connectivity index is 1.27. The van der Waals surface area contributed by atoms with Crippen LogP contribution in [0.1, 0.15) is 52.8 Å². The Labute approximate surface area is 310 Å². The van der Waals surface area contributed by atoms with Gasteiger partial charge in [-0.1, -0.05) is 159 Å². The summed E-state index contributed by atoms with van der Waals surface area (Å²) >= 11 is 0. The molecule has 2 heteroatoms. The normalized spacial score (nSPS) is 16.6. The second-order valence-electron chi connectivity index (χ2n) is 15.2. The van der Waals surface area contributed by atoms with Crippen LogP contribution < -0.4 is 9.64 Å². The van der Waals surface area contributed by atoms with E-state index in [-0.39, 0.29) is 5.41 Å². The van der Waals surface area contributed by atoms with Gasteiger partial charge in [0.2, 0.25) is 0 Å². The van der Waals surface area contributed by atoms with Gasteiger partial charge in [0.1, 0.15) is 11.5 Å². The van der Waals surface area contributed by atoms with Crippen molar-refractivity contribution in [3.63, 3.8) is 0 Å². The van der Waals surface area contributed by atoms with E-state index in [4.69, 9.17) is 4.74 Å². The van der Waals surface area contributed by atoms with Gasteiger partial charge in [0.15, 0.2) is 0 Å². The van der Waals surface area contributed by atoms with Crippen molar-refractivity contribution in [2.75, 3.05) is 4.90 Å². The first-order chi connectivity index (χ1) is 26.0. The molecule has 8 aromatic carbocycles. The summed E-state index contributed by atoms with van der Waals surface area (Å²) in [5.74, 6) is 1.84. The van der Waals surface area contributed by atoms with Crippen molar-refractivity contribution >= 4 is 27.8 Å². The number of hydrogen-bond acceptors (Lipinski definition) is 2. The van der Waals surface area contributed by atoms with Gasteiger partial charge < -0.3 is 9.64 Å². The fourth-order valence-corrected chi connectivity index (χ4v) is 10.1. The minimum Gasteiger partial charge on any atom is -0.456 e. The molecule has 1 atom stereocenters. The Morgan fingerprint density at radius 1 is 0.453 bits per heavy atom. The molecule has 0 saturated heterocycles. The molecule has 0 radical (unpaired) electrons. The third-order valence-electron chi connectivity index (χ3n) is 12.2. The van der Waals surface area contributed by atoms with Crippen molar-refractivity contribution in [3.8, 4) is 33.8 Å². The first kappa shape index (κ1) is 30.3. The molecular weight excluding hydrogens is 643 g/mol. The summed E-state index contributed by atoms with van der Waals surface area (Å²) < 4.78 is 6.93. The Bertz CT molecular complexity index is 2830. The second kappa shape index (κ2) is 10.8. The molecule has 11 rings (SSSR count). The molecule has 1 aliphatic heterocycles. The number of fused-ring (bicyclic) bond motifs is 14. The van der Waals surface area contributed by atoms with Crippen LogP contribution in [0.2, 0.25) is 0 Å². The quantitative estimate of drug-likeness (QED) is 0.184. The van der Waals surface area contributed by atoms with Gasteiger partial charge in [-0.25, -0.2) is 0 Å². The monoisotopic (exact) mass is 679 g/mol. The van der Waals surface area contributed by atoms with E-state index in [1.165, 1.54) is 83.6 Å². The lowest BCUT2D eigenvalue weighted by Crippen LogP contribution is -2.32. The zero-order valence-corrected chi connectivity index (χ0v) is 30.0. The van der Waals surface area contributed by atoms with E-state index in [2.05, 4.69) is 196 Å². The molecule has 0 saturated carbocycles. The molecule has 2 nitrogen and oxygen atoms in total. The molecule has 53 heavy (non-hydrogen) atoms. The molecule has 8 aromatic rings. The molecule has 0 bridgehead atoms. The number of ether oxygens (including phenoxy) is 1. The van der Waals surface area contributed by atoms with Crippen LogP contribution in [0.15, 0.2) is 170 Å². The summed E-state index contributed by atoms with van der Waals surface area (Å²) in [4.78, 5) is 2.56. The zero-order chi connectivity index (χ0) is 35.5. The van der Waals surface area contributed by atoms with Crippen molar-refractivity contribution in [1.29, 1.82) is 0 Å². The lowest BCUT2D eigenvalue weighted by atomic mass is 9.65. The number of rotatable bonds is 3. The molecule has 0 N–H and O–H groups in total. The molecule has 0 amide bonds. The summed E-state index contributed by atoms with van der Waals surface area (Å²) in [7, 11) is 0. The maximum absolute atomic E-state index is 6.93. The summed E-state index contributed by atoms with van der Waals surface area (Å²) in [5.41, 5.74) is 16.8. The largest absolute Gasteiger partial charge is 0.456 e. The van der Waals surface area contributed by atoms with Gasteiger partial charge in [-0.05, 0) is 81.1 Å². The average molecular weight is 680 g/mol. The van der Waals surface area contributed by atoms with Crippen LogP contribution >= 0.6 is 0 Å². The highest BCUT2D eigenvalue weighted by atomic mass is 16.5. The van der Waals surface area contributed by atoms with Crippen molar-refractivity contribution in [2.45, 2.75) is 31.6 Å². The van der Waals surface area contributed by atoms with E-state index >= 15 is 0 Å². The predicted octanol–water partition coefficient (Wildman–Crippen LogP) is 13.4. The SMILES string of the molecule is Cc1ccccc1N(c1cccc2c1-c1ccccc1C21c2ccccc2Oc2c1ccc1ccccc21)c1cccc2c1C(C)(C)c1ccccc1-2. The van der Waals surface area contributed by atoms with E-state index in [0.717, 1.165) is 16.9 Å². The van der Waals surface area contributed by atoms with Gasteiger partial charge in [0.25, 0.3) is 0 Å². The highest BCUT2D eigenvalue weighted by Crippen LogP contribution is 2.65. The molecule has 2 aliphatic carbocycles. The molecule has 252 valence electrons. The van der Waals surface area contributed by atoms with Crippen LogP contribution in [-0.2, 0) is 10.8 Å². The topological polar surface area (TPSA) is 12.5 Å². The number of anilines is 3. The van der Waals surface area contributed by atoms with Gasteiger partial charge >= 0.3 is 0 Å². The Hall–Kier alpha value is -6.38. The second-order valence-corrected chi connectivity index (χ2v) is 15.2. The van der Waals surface area contributed by atoms with Crippen LogP contribution in [0.4, 0.5) is 17.1 Å². The van der Waals surface area contributed by atoms with Crippen LogP contribution in [0, 0.1) is 6.92 Å². The number of aryl methyl sites for hydroxylation is 1. The molecule has 1 spiro atoms. The first-order valence-corrected chi connectivity index (χ1v) is 18.6. The maximum atomic E-state index is 6.93. The van der Waals surface area contributed by atoms with E-state index in [1.807, 2.05) is 0 Å². The lowest BCUT2D eigenvalue weighted by molar-refractivity contribution is 0.441. The smallest absolute Gasteiger partial charge is 0.140 e. The third-order valence-corrected chi connectivity index (χ3v) is 12.2. The molecule has 1 unspecified atom stereocenters. The van der Waals surface area contributed by atoms with Gasteiger partial charge in [-0.3, -0.25) is 0 Å². The molecule has 0 fully saturated rings. The number of nitrogens with zero attached hydrogens (tertiary/aromatic N) is 1. The predicted molar refractivity (Wildman–Crippen MR) is 218 cm³/mol. The summed E-state index contributed by atoms with van der Waals surface area (Å²) in [6.45, 7) is 7.01. The fraction of sp³-hybridized carbons (Fsp3) is 0.0980. The van der Waals surface area contributed by atoms with E-state index in [0.29, 0.717) is 0 Å². The van der Waals surface area contributed by atoms with Crippen molar-refractivity contribution in [1.82, 2.24) is 0 Å². The fourth-order valence-electron chi connectivity index (χ4n) is 10.1. The third kappa shape index (κ3) is 3.88. The van der Waals surface area contributed by atoms with Gasteiger partial charge in [0.05, 0.1) is 16.8 Å². The molecule has 0 aromatic heterocycles. The number of para-hydroxylation sites is 2. The Morgan fingerprint density at radius 2 is 1.08 bits per heavy atom. The maximum Gasteiger partial charge on any atom is 0.140 e. The van der Waals surface area contributed by atoms with Crippen LogP contribution in [0.25, 0.3) is 33.0 Å². The minimum atomic E-state index is -0.582. The Kier molecular flexibility index (Phi) is 6.18. The van der Waals surface area contributed by atoms with Crippen molar-refractivity contribution in [2.24, 2.45) is 0 Å². The van der Waals surface area contributed by atoms with Crippen LogP contribution in [-0.4, -0.2) is 0 Å².